The van der Waals surface area contributed by atoms with Crippen LogP contribution in [-0.2, 0) is 4.79 Å². The van der Waals surface area contributed by atoms with Gasteiger partial charge in [0.15, 0.2) is 0 Å². The van der Waals surface area contributed by atoms with E-state index < -0.39 is 0 Å². The molecule has 0 aromatic carbocycles. The molecule has 1 atom stereocenters. The van der Waals surface area contributed by atoms with Gasteiger partial charge in [-0.2, -0.15) is 0 Å². The Morgan fingerprint density at radius 1 is 1.00 bits per heavy atom. The van der Waals surface area contributed by atoms with E-state index in [0.29, 0.717) is 6.54 Å². The van der Waals surface area contributed by atoms with Crippen molar-refractivity contribution in [3.05, 3.63) is 0 Å². The molecule has 0 bridgehead atoms. The Kier molecular flexibility index (Phi) is 4.44. The van der Waals surface area contributed by atoms with Gasteiger partial charge in [0.2, 0.25) is 5.91 Å². The second-order valence-corrected chi connectivity index (χ2v) is 5.32. The van der Waals surface area contributed by atoms with Gasteiger partial charge in [-0.25, -0.2) is 4.79 Å². The van der Waals surface area contributed by atoms with E-state index in [9.17, 15) is 9.59 Å². The second-order valence-electron chi connectivity index (χ2n) is 5.32. The maximum absolute atomic E-state index is 12.3. The molecule has 0 saturated carbocycles. The summed E-state index contributed by atoms with van der Waals surface area (Å²) in [6.07, 6.45) is 5.58. The summed E-state index contributed by atoms with van der Waals surface area (Å²) in [5.41, 5.74) is 0. The van der Waals surface area contributed by atoms with E-state index in [1.807, 2.05) is 9.80 Å². The van der Waals surface area contributed by atoms with Crippen molar-refractivity contribution in [2.24, 2.45) is 0 Å². The number of hydrogen-bond donors (Lipinski definition) is 1. The number of carbonyl (C=O) groups excluding carboxylic acids is 2. The molecule has 5 heteroatoms. The highest BCUT2D eigenvalue weighted by Gasteiger charge is 2.29. The first-order valence-corrected chi connectivity index (χ1v) is 6.98. The van der Waals surface area contributed by atoms with Crippen molar-refractivity contribution in [2.45, 2.75) is 45.1 Å². The Morgan fingerprint density at radius 3 is 2.28 bits per heavy atom. The molecule has 1 N–H and O–H groups in total. The average Bonchev–Trinajstić information content (AvgIpc) is 2.63. The molecule has 1 unspecified atom stereocenters. The molecule has 2 aliphatic heterocycles. The van der Waals surface area contributed by atoms with Gasteiger partial charge < -0.3 is 15.1 Å². The molecular weight excluding hydrogens is 230 g/mol. The summed E-state index contributed by atoms with van der Waals surface area (Å²) in [5.74, 6) is -0.0101. The van der Waals surface area contributed by atoms with E-state index in [-0.39, 0.29) is 18.0 Å². The Balaban J connectivity index is 1.84. The van der Waals surface area contributed by atoms with Crippen LogP contribution >= 0.6 is 0 Å². The first-order valence-electron chi connectivity index (χ1n) is 6.98. The van der Waals surface area contributed by atoms with Crippen LogP contribution in [0.15, 0.2) is 0 Å². The minimum atomic E-state index is -0.0101. The highest BCUT2D eigenvalue weighted by Crippen LogP contribution is 2.15. The summed E-state index contributed by atoms with van der Waals surface area (Å²) in [6.45, 7) is 4.73. The van der Waals surface area contributed by atoms with Crippen LogP contribution in [0.2, 0.25) is 0 Å². The normalized spacial score (nSPS) is 24.8. The van der Waals surface area contributed by atoms with Crippen molar-refractivity contribution in [1.29, 1.82) is 0 Å². The van der Waals surface area contributed by atoms with Crippen molar-refractivity contribution in [1.82, 2.24) is 15.1 Å². The highest BCUT2D eigenvalue weighted by molar-refractivity contribution is 5.76. The molecule has 2 heterocycles. The van der Waals surface area contributed by atoms with Crippen LogP contribution in [-0.4, -0.2) is 54.0 Å². The smallest absolute Gasteiger partial charge is 0.320 e. The predicted molar refractivity (Wildman–Crippen MR) is 69.2 cm³/mol. The predicted octanol–water partition coefficient (Wildman–Crippen LogP) is 1.19. The molecule has 18 heavy (non-hydrogen) atoms. The summed E-state index contributed by atoms with van der Waals surface area (Å²) in [7, 11) is 0. The molecule has 0 aliphatic carbocycles. The number of urea groups is 1. The molecule has 3 amide bonds. The van der Waals surface area contributed by atoms with E-state index in [1.54, 1.807) is 0 Å². The minimum absolute atomic E-state index is 0.0101. The van der Waals surface area contributed by atoms with Crippen LogP contribution in [0.4, 0.5) is 4.79 Å². The van der Waals surface area contributed by atoms with Gasteiger partial charge >= 0.3 is 6.03 Å². The van der Waals surface area contributed by atoms with E-state index in [2.05, 4.69) is 5.32 Å². The van der Waals surface area contributed by atoms with Gasteiger partial charge in [0, 0.05) is 39.1 Å². The Morgan fingerprint density at radius 2 is 1.67 bits per heavy atom. The first kappa shape index (κ1) is 13.2. The Labute approximate surface area is 108 Å². The molecule has 0 spiro atoms. The third-order valence-electron chi connectivity index (χ3n) is 3.74. The van der Waals surface area contributed by atoms with Gasteiger partial charge in [0.25, 0.3) is 0 Å². The molecule has 2 fully saturated rings. The van der Waals surface area contributed by atoms with Crippen LogP contribution in [0.1, 0.15) is 39.0 Å². The number of likely N-dealkylation sites (tertiary alicyclic amines) is 2. The fourth-order valence-corrected chi connectivity index (χ4v) is 2.80. The fraction of sp³-hybridized carbons (Fsp3) is 0.846. The maximum Gasteiger partial charge on any atom is 0.320 e. The van der Waals surface area contributed by atoms with E-state index >= 15 is 0 Å². The van der Waals surface area contributed by atoms with Gasteiger partial charge in [0.1, 0.15) is 0 Å². The molecule has 0 aromatic rings. The van der Waals surface area contributed by atoms with Crippen molar-refractivity contribution in [3.8, 4) is 0 Å². The molecule has 102 valence electrons. The SMILES string of the molecule is CC(=O)NC1CCN(C(=O)N2CCCCCC2)C1. The largest absolute Gasteiger partial charge is 0.352 e. The zero-order valence-corrected chi connectivity index (χ0v) is 11.2. The van der Waals surface area contributed by atoms with Crippen molar-refractivity contribution >= 4 is 11.9 Å². The van der Waals surface area contributed by atoms with E-state index in [0.717, 1.165) is 38.9 Å². The summed E-state index contributed by atoms with van der Waals surface area (Å²) in [5, 5.41) is 2.89. The lowest BCUT2D eigenvalue weighted by Crippen LogP contribution is -2.44. The third-order valence-corrected chi connectivity index (χ3v) is 3.74. The molecule has 2 saturated heterocycles. The molecular formula is C13H23N3O2. The van der Waals surface area contributed by atoms with E-state index in [1.165, 1.54) is 19.8 Å². The second kappa shape index (κ2) is 6.07. The number of rotatable bonds is 1. The van der Waals surface area contributed by atoms with E-state index in [4.69, 9.17) is 0 Å². The zero-order chi connectivity index (χ0) is 13.0. The lowest BCUT2D eigenvalue weighted by atomic mass is 10.2. The summed E-state index contributed by atoms with van der Waals surface area (Å²) in [6, 6.07) is 0.295. The fourth-order valence-electron chi connectivity index (χ4n) is 2.80. The monoisotopic (exact) mass is 253 g/mol. The number of amides is 3. The van der Waals surface area contributed by atoms with Crippen LogP contribution in [0.3, 0.4) is 0 Å². The van der Waals surface area contributed by atoms with Crippen LogP contribution in [0.25, 0.3) is 0 Å². The van der Waals surface area contributed by atoms with Crippen LogP contribution in [0.5, 0.6) is 0 Å². The van der Waals surface area contributed by atoms with Crippen LogP contribution in [0, 0.1) is 0 Å². The number of hydrogen-bond acceptors (Lipinski definition) is 2. The number of nitrogens with one attached hydrogen (secondary N) is 1. The first-order chi connectivity index (χ1) is 8.66. The van der Waals surface area contributed by atoms with Crippen molar-refractivity contribution in [3.63, 3.8) is 0 Å². The Bertz CT molecular complexity index is 311. The van der Waals surface area contributed by atoms with Crippen molar-refractivity contribution in [2.75, 3.05) is 26.2 Å². The minimum Gasteiger partial charge on any atom is -0.352 e. The van der Waals surface area contributed by atoms with Gasteiger partial charge in [-0.1, -0.05) is 12.8 Å². The quantitative estimate of drug-likeness (QED) is 0.763. The highest BCUT2D eigenvalue weighted by atomic mass is 16.2. The topological polar surface area (TPSA) is 52.7 Å². The average molecular weight is 253 g/mol. The number of nitrogens with zero attached hydrogens (tertiary/aromatic N) is 2. The maximum atomic E-state index is 12.3. The Hall–Kier alpha value is -1.26. The molecule has 2 rings (SSSR count). The molecule has 0 aromatic heterocycles. The van der Waals surface area contributed by atoms with Gasteiger partial charge in [-0.15, -0.1) is 0 Å². The molecule has 5 nitrogen and oxygen atoms in total. The molecule has 0 radical (unpaired) electrons. The standard InChI is InChI=1S/C13H23N3O2/c1-11(17)14-12-6-9-16(10-12)13(18)15-7-4-2-3-5-8-15/h12H,2-10H2,1H3,(H,14,17). The summed E-state index contributed by atoms with van der Waals surface area (Å²) >= 11 is 0. The van der Waals surface area contributed by atoms with Crippen LogP contribution < -0.4 is 5.32 Å². The zero-order valence-electron chi connectivity index (χ0n) is 11.2. The summed E-state index contributed by atoms with van der Waals surface area (Å²) in [4.78, 5) is 27.2. The summed E-state index contributed by atoms with van der Waals surface area (Å²) < 4.78 is 0. The van der Waals surface area contributed by atoms with Gasteiger partial charge in [0.05, 0.1) is 0 Å². The van der Waals surface area contributed by atoms with Crippen molar-refractivity contribution < 1.29 is 9.59 Å². The molecule has 2 aliphatic rings. The number of carbonyl (C=O) groups is 2. The third kappa shape index (κ3) is 3.37. The van der Waals surface area contributed by atoms with Gasteiger partial charge in [-0.05, 0) is 19.3 Å². The lowest BCUT2D eigenvalue weighted by Gasteiger charge is -2.26. The van der Waals surface area contributed by atoms with Gasteiger partial charge in [-0.3, -0.25) is 4.79 Å². The lowest BCUT2D eigenvalue weighted by molar-refractivity contribution is -0.119.